The Kier molecular flexibility index (Phi) is 2.98. The van der Waals surface area contributed by atoms with Gasteiger partial charge >= 0.3 is 0 Å². The number of hydroxylamine groups is 1. The Morgan fingerprint density at radius 2 is 2.33 bits per heavy atom. The Hall–Kier alpha value is -1.00. The minimum absolute atomic E-state index is 0.113. The Morgan fingerprint density at radius 1 is 1.53 bits per heavy atom. The quantitative estimate of drug-likeness (QED) is 0.384. The summed E-state index contributed by atoms with van der Waals surface area (Å²) in [6, 6.07) is 5.93. The maximum atomic E-state index is 11.3. The summed E-state index contributed by atoms with van der Waals surface area (Å²) in [5.41, 5.74) is 4.13. The number of amides is 1. The summed E-state index contributed by atoms with van der Waals surface area (Å²) in [5, 5.41) is 8.57. The molecule has 0 saturated carbocycles. The van der Waals surface area contributed by atoms with Gasteiger partial charge in [0.15, 0.2) is 0 Å². The molecule has 0 spiro atoms. The van der Waals surface area contributed by atoms with Crippen LogP contribution in [0.4, 0.5) is 0 Å². The van der Waals surface area contributed by atoms with E-state index in [-0.39, 0.29) is 11.8 Å². The van der Waals surface area contributed by atoms with Crippen molar-refractivity contribution in [3.05, 3.63) is 29.3 Å². The summed E-state index contributed by atoms with van der Waals surface area (Å²) in [4.78, 5) is 12.3. The third-order valence-corrected chi connectivity index (χ3v) is 3.36. The van der Waals surface area contributed by atoms with Crippen LogP contribution in [-0.2, 0) is 17.6 Å². The lowest BCUT2D eigenvalue weighted by molar-refractivity contribution is -0.133. The third kappa shape index (κ3) is 2.01. The predicted molar refractivity (Wildman–Crippen MR) is 59.1 cm³/mol. The molecule has 0 bridgehead atoms. The van der Waals surface area contributed by atoms with Gasteiger partial charge in [-0.05, 0) is 36.5 Å². The van der Waals surface area contributed by atoms with Gasteiger partial charge in [0.25, 0.3) is 0 Å². The molecule has 80 valence electrons. The molecule has 1 aromatic carbocycles. The molecule has 2 N–H and O–H groups in total. The van der Waals surface area contributed by atoms with E-state index in [4.69, 9.17) is 5.21 Å². The van der Waals surface area contributed by atoms with Crippen molar-refractivity contribution < 1.29 is 10.0 Å². The van der Waals surface area contributed by atoms with Gasteiger partial charge in [0.05, 0.1) is 0 Å². The zero-order valence-corrected chi connectivity index (χ0v) is 9.13. The summed E-state index contributed by atoms with van der Waals surface area (Å²) in [5.74, 6) is -0.400. The second-order valence-corrected chi connectivity index (χ2v) is 4.31. The van der Waals surface area contributed by atoms with Gasteiger partial charge in [-0.25, -0.2) is 5.48 Å². The largest absolute Gasteiger partial charge is 0.289 e. The van der Waals surface area contributed by atoms with Crippen molar-refractivity contribution in [3.8, 4) is 0 Å². The summed E-state index contributed by atoms with van der Waals surface area (Å²) < 4.78 is 0. The second kappa shape index (κ2) is 4.24. The lowest BCUT2D eigenvalue weighted by Gasteiger charge is -2.23. The summed E-state index contributed by atoms with van der Waals surface area (Å²) in [7, 11) is 0. The number of benzene rings is 1. The number of carbonyl (C=O) groups is 1. The van der Waals surface area contributed by atoms with Crippen LogP contribution in [0.1, 0.15) is 17.5 Å². The van der Waals surface area contributed by atoms with E-state index in [1.54, 1.807) is 5.48 Å². The van der Waals surface area contributed by atoms with Crippen LogP contribution in [0.2, 0.25) is 0 Å². The highest BCUT2D eigenvalue weighted by Crippen LogP contribution is 2.29. The van der Waals surface area contributed by atoms with Gasteiger partial charge in [-0.2, -0.15) is 0 Å². The fraction of sp³-hybridized carbons (Fsp3) is 0.364. The van der Waals surface area contributed by atoms with E-state index < -0.39 is 0 Å². The van der Waals surface area contributed by atoms with Crippen molar-refractivity contribution in [3.63, 3.8) is 0 Å². The molecule has 2 rings (SSSR count). The molecule has 1 aliphatic rings. The molecule has 1 aromatic rings. The molecule has 4 heteroatoms. The Morgan fingerprint density at radius 3 is 3.07 bits per heavy atom. The fourth-order valence-electron chi connectivity index (χ4n) is 2.10. The molecule has 0 aromatic heterocycles. The highest BCUT2D eigenvalue weighted by Gasteiger charge is 2.24. The van der Waals surface area contributed by atoms with Gasteiger partial charge in [-0.1, -0.05) is 12.1 Å². The van der Waals surface area contributed by atoms with Crippen molar-refractivity contribution in [1.82, 2.24) is 5.48 Å². The van der Waals surface area contributed by atoms with E-state index in [1.807, 2.05) is 18.2 Å². The summed E-state index contributed by atoms with van der Waals surface area (Å²) in [6.07, 6.45) is 2.32. The van der Waals surface area contributed by atoms with Crippen molar-refractivity contribution in [2.75, 3.05) is 0 Å². The predicted octanol–water partition coefficient (Wildman–Crippen LogP) is 1.59. The SMILES string of the molecule is O=C(NO)C1CCc2c(S)cccc2C1. The number of fused-ring (bicyclic) bond motifs is 1. The van der Waals surface area contributed by atoms with E-state index in [0.717, 1.165) is 17.7 Å². The molecule has 0 aliphatic heterocycles. The molecule has 3 nitrogen and oxygen atoms in total. The number of carbonyl (C=O) groups excluding carboxylic acids is 1. The van der Waals surface area contributed by atoms with E-state index in [2.05, 4.69) is 12.6 Å². The van der Waals surface area contributed by atoms with Gasteiger partial charge in [0, 0.05) is 10.8 Å². The van der Waals surface area contributed by atoms with Crippen molar-refractivity contribution >= 4 is 18.5 Å². The highest BCUT2D eigenvalue weighted by atomic mass is 32.1. The van der Waals surface area contributed by atoms with Crippen LogP contribution in [0.5, 0.6) is 0 Å². The average molecular weight is 223 g/mol. The third-order valence-electron chi connectivity index (χ3n) is 2.94. The molecule has 0 saturated heterocycles. The van der Waals surface area contributed by atoms with Crippen LogP contribution >= 0.6 is 12.6 Å². The number of hydrogen-bond donors (Lipinski definition) is 3. The van der Waals surface area contributed by atoms with E-state index in [0.29, 0.717) is 6.42 Å². The second-order valence-electron chi connectivity index (χ2n) is 3.83. The van der Waals surface area contributed by atoms with Crippen molar-refractivity contribution in [1.29, 1.82) is 0 Å². The zero-order valence-electron chi connectivity index (χ0n) is 8.23. The van der Waals surface area contributed by atoms with Crippen LogP contribution in [0.15, 0.2) is 23.1 Å². The minimum Gasteiger partial charge on any atom is -0.289 e. The lowest BCUT2D eigenvalue weighted by atomic mass is 9.83. The van der Waals surface area contributed by atoms with Gasteiger partial charge < -0.3 is 0 Å². The van der Waals surface area contributed by atoms with Gasteiger partial charge in [0.1, 0.15) is 0 Å². The minimum atomic E-state index is -0.287. The van der Waals surface area contributed by atoms with E-state index in [9.17, 15) is 4.79 Å². The van der Waals surface area contributed by atoms with Gasteiger partial charge in [0.2, 0.25) is 5.91 Å². The Balaban J connectivity index is 2.24. The maximum absolute atomic E-state index is 11.3. The molecule has 1 aliphatic carbocycles. The molecule has 0 fully saturated rings. The van der Waals surface area contributed by atoms with E-state index >= 15 is 0 Å². The number of thiol groups is 1. The molecule has 1 amide bonds. The standard InChI is InChI=1S/C11H13NO2S/c13-11(12-14)8-4-5-9-7(6-8)2-1-3-10(9)15/h1-3,8,14-15H,4-6H2,(H,12,13). The molecule has 1 unspecified atom stereocenters. The monoisotopic (exact) mass is 223 g/mol. The van der Waals surface area contributed by atoms with Crippen LogP contribution in [0, 0.1) is 5.92 Å². The highest BCUT2D eigenvalue weighted by molar-refractivity contribution is 7.80. The van der Waals surface area contributed by atoms with E-state index in [1.165, 1.54) is 11.1 Å². The number of nitrogens with one attached hydrogen (secondary N) is 1. The normalized spacial score (nSPS) is 19.5. The Labute approximate surface area is 93.9 Å². The van der Waals surface area contributed by atoms with Crippen LogP contribution in [0.3, 0.4) is 0 Å². The molecule has 0 heterocycles. The summed E-state index contributed by atoms with van der Waals surface area (Å²) in [6.45, 7) is 0. The zero-order chi connectivity index (χ0) is 10.8. The molecule has 0 radical (unpaired) electrons. The van der Waals surface area contributed by atoms with Crippen molar-refractivity contribution in [2.45, 2.75) is 24.2 Å². The number of rotatable bonds is 1. The summed E-state index contributed by atoms with van der Waals surface area (Å²) >= 11 is 4.39. The fourth-order valence-corrected chi connectivity index (χ4v) is 2.44. The first-order chi connectivity index (χ1) is 7.22. The topological polar surface area (TPSA) is 49.3 Å². The lowest BCUT2D eigenvalue weighted by Crippen LogP contribution is -2.32. The molecular weight excluding hydrogens is 210 g/mol. The first-order valence-electron chi connectivity index (χ1n) is 4.96. The molecular formula is C11H13NO2S. The van der Waals surface area contributed by atoms with Gasteiger partial charge in [-0.15, -0.1) is 12.6 Å². The molecule has 1 atom stereocenters. The smallest absolute Gasteiger partial charge is 0.246 e. The van der Waals surface area contributed by atoms with Crippen LogP contribution in [-0.4, -0.2) is 11.1 Å². The average Bonchev–Trinajstić information content (AvgIpc) is 2.28. The van der Waals surface area contributed by atoms with Crippen LogP contribution in [0.25, 0.3) is 0 Å². The van der Waals surface area contributed by atoms with Gasteiger partial charge in [-0.3, -0.25) is 10.0 Å². The van der Waals surface area contributed by atoms with Crippen molar-refractivity contribution in [2.24, 2.45) is 5.92 Å². The Bertz CT molecular complexity index is 392. The number of hydrogen-bond acceptors (Lipinski definition) is 3. The first kappa shape index (κ1) is 10.5. The molecule has 15 heavy (non-hydrogen) atoms. The van der Waals surface area contributed by atoms with Crippen LogP contribution < -0.4 is 5.48 Å². The maximum Gasteiger partial charge on any atom is 0.246 e. The first-order valence-corrected chi connectivity index (χ1v) is 5.40.